The molecule has 1 aromatic carbocycles. The second-order valence-electron chi connectivity index (χ2n) is 6.46. The predicted molar refractivity (Wildman–Crippen MR) is 101 cm³/mol. The van der Waals surface area contributed by atoms with Crippen LogP contribution >= 0.6 is 11.8 Å². The smallest absolute Gasteiger partial charge is 0.319 e. The number of alkyl halides is 2. The Labute approximate surface area is 160 Å². The summed E-state index contributed by atoms with van der Waals surface area (Å²) in [5.41, 5.74) is 2.13. The van der Waals surface area contributed by atoms with Crippen molar-refractivity contribution in [3.05, 3.63) is 48.0 Å². The largest absolute Gasteiger partial charge is 0.341 e. The van der Waals surface area contributed by atoms with Crippen molar-refractivity contribution in [3.8, 4) is 5.69 Å². The van der Waals surface area contributed by atoms with E-state index in [0.717, 1.165) is 42.1 Å². The van der Waals surface area contributed by atoms with Crippen molar-refractivity contribution in [2.24, 2.45) is 0 Å². The predicted octanol–water partition coefficient (Wildman–Crippen LogP) is 4.06. The third kappa shape index (κ3) is 3.69. The minimum Gasteiger partial charge on any atom is -0.341 e. The van der Waals surface area contributed by atoms with Gasteiger partial charge in [-0.05, 0) is 31.9 Å². The fourth-order valence-corrected chi connectivity index (χ4v) is 4.06. The SMILES string of the molecule is Cc1ccc(-n2c(SCc3nccn3C(F)F)nnc2N2CCCC2)cc1. The Morgan fingerprint density at radius 1 is 1.11 bits per heavy atom. The van der Waals surface area contributed by atoms with Crippen molar-refractivity contribution in [2.45, 2.75) is 37.2 Å². The zero-order valence-corrected chi connectivity index (χ0v) is 15.7. The van der Waals surface area contributed by atoms with Crippen LogP contribution in [0.25, 0.3) is 5.69 Å². The van der Waals surface area contributed by atoms with Crippen LogP contribution < -0.4 is 4.90 Å². The first-order chi connectivity index (χ1) is 13.1. The summed E-state index contributed by atoms with van der Waals surface area (Å²) >= 11 is 1.36. The van der Waals surface area contributed by atoms with E-state index in [9.17, 15) is 8.78 Å². The highest BCUT2D eigenvalue weighted by Crippen LogP contribution is 2.30. The fraction of sp³-hybridized carbons (Fsp3) is 0.389. The number of aromatic nitrogens is 5. The lowest BCUT2D eigenvalue weighted by molar-refractivity contribution is 0.0678. The number of thioether (sulfide) groups is 1. The van der Waals surface area contributed by atoms with Crippen LogP contribution in [0.1, 0.15) is 30.8 Å². The third-order valence-corrected chi connectivity index (χ3v) is 5.51. The Balaban J connectivity index is 1.65. The van der Waals surface area contributed by atoms with Crippen molar-refractivity contribution in [3.63, 3.8) is 0 Å². The molecule has 0 unspecified atom stereocenters. The van der Waals surface area contributed by atoms with Crippen molar-refractivity contribution in [1.29, 1.82) is 0 Å². The summed E-state index contributed by atoms with van der Waals surface area (Å²) in [6, 6.07) is 8.15. The minimum absolute atomic E-state index is 0.293. The normalized spacial score (nSPS) is 14.4. The van der Waals surface area contributed by atoms with Crippen LogP contribution in [0.3, 0.4) is 0 Å². The number of nitrogens with zero attached hydrogens (tertiary/aromatic N) is 6. The van der Waals surface area contributed by atoms with E-state index in [4.69, 9.17) is 0 Å². The molecule has 1 aliphatic rings. The molecule has 1 aliphatic heterocycles. The Hall–Kier alpha value is -2.42. The second kappa shape index (κ2) is 7.67. The lowest BCUT2D eigenvalue weighted by Gasteiger charge is -2.18. The number of halogens is 2. The molecular weight excluding hydrogens is 370 g/mol. The van der Waals surface area contributed by atoms with E-state index >= 15 is 0 Å². The molecule has 0 radical (unpaired) electrons. The molecule has 0 spiro atoms. The third-order valence-electron chi connectivity index (χ3n) is 4.59. The van der Waals surface area contributed by atoms with Crippen molar-refractivity contribution in [1.82, 2.24) is 24.3 Å². The Kier molecular flexibility index (Phi) is 5.11. The summed E-state index contributed by atoms with van der Waals surface area (Å²) in [5, 5.41) is 9.41. The van der Waals surface area contributed by atoms with Crippen molar-refractivity contribution >= 4 is 17.7 Å². The molecule has 2 aromatic heterocycles. The van der Waals surface area contributed by atoms with Crippen LogP contribution in [0, 0.1) is 6.92 Å². The molecule has 0 N–H and O–H groups in total. The molecule has 3 heterocycles. The highest BCUT2D eigenvalue weighted by molar-refractivity contribution is 7.98. The molecule has 0 aliphatic carbocycles. The lowest BCUT2D eigenvalue weighted by Crippen LogP contribution is -2.22. The van der Waals surface area contributed by atoms with Crippen molar-refractivity contribution < 1.29 is 8.78 Å². The van der Waals surface area contributed by atoms with Gasteiger partial charge in [0, 0.05) is 25.5 Å². The maximum atomic E-state index is 13.1. The molecule has 142 valence electrons. The summed E-state index contributed by atoms with van der Waals surface area (Å²) in [6.07, 6.45) is 4.95. The maximum absolute atomic E-state index is 13.1. The Bertz CT molecular complexity index is 899. The fourth-order valence-electron chi connectivity index (χ4n) is 3.16. The Morgan fingerprint density at radius 2 is 1.85 bits per heavy atom. The first-order valence-electron chi connectivity index (χ1n) is 8.83. The van der Waals surface area contributed by atoms with E-state index in [1.165, 1.54) is 29.7 Å². The van der Waals surface area contributed by atoms with Crippen LogP contribution in [0.5, 0.6) is 0 Å². The molecule has 1 saturated heterocycles. The monoisotopic (exact) mass is 390 g/mol. The molecule has 0 bridgehead atoms. The molecule has 0 atom stereocenters. The highest BCUT2D eigenvalue weighted by Gasteiger charge is 2.23. The highest BCUT2D eigenvalue weighted by atomic mass is 32.2. The molecule has 3 aromatic rings. The average Bonchev–Trinajstić information content (AvgIpc) is 3.40. The first kappa shape index (κ1) is 18.0. The first-order valence-corrected chi connectivity index (χ1v) is 9.82. The summed E-state index contributed by atoms with van der Waals surface area (Å²) < 4.78 is 29.0. The maximum Gasteiger partial charge on any atom is 0.319 e. The molecule has 4 rings (SSSR count). The molecule has 1 fully saturated rings. The van der Waals surface area contributed by atoms with Gasteiger partial charge in [0.1, 0.15) is 5.82 Å². The van der Waals surface area contributed by atoms with E-state index in [-0.39, 0.29) is 0 Å². The van der Waals surface area contributed by atoms with Crippen LogP contribution in [0.15, 0.2) is 41.8 Å². The van der Waals surface area contributed by atoms with Gasteiger partial charge in [-0.3, -0.25) is 9.13 Å². The topological polar surface area (TPSA) is 51.8 Å². The number of imidazole rings is 1. The van der Waals surface area contributed by atoms with Gasteiger partial charge in [0.15, 0.2) is 5.16 Å². The molecular formula is C18H20F2N6S. The number of rotatable bonds is 6. The molecule has 6 nitrogen and oxygen atoms in total. The van der Waals surface area contributed by atoms with Gasteiger partial charge in [-0.1, -0.05) is 29.5 Å². The van der Waals surface area contributed by atoms with Gasteiger partial charge in [-0.15, -0.1) is 10.2 Å². The summed E-state index contributed by atoms with van der Waals surface area (Å²) in [5.74, 6) is 1.41. The summed E-state index contributed by atoms with van der Waals surface area (Å²) in [6.45, 7) is 1.34. The van der Waals surface area contributed by atoms with Gasteiger partial charge >= 0.3 is 6.55 Å². The quantitative estimate of drug-likeness (QED) is 0.594. The van der Waals surface area contributed by atoms with Gasteiger partial charge < -0.3 is 4.90 Å². The van der Waals surface area contributed by atoms with Gasteiger partial charge in [0.2, 0.25) is 5.95 Å². The van der Waals surface area contributed by atoms with Crippen LogP contribution in [-0.2, 0) is 5.75 Å². The van der Waals surface area contributed by atoms with E-state index in [1.54, 1.807) is 0 Å². The standard InChI is InChI=1S/C18H20F2N6S/c1-13-4-6-14(7-5-13)26-17(24-9-2-3-10-24)22-23-18(26)27-12-15-21-8-11-25(15)16(19)20/h4-8,11,16H,2-3,9-10,12H2,1H3. The van der Waals surface area contributed by atoms with Gasteiger partial charge in [0.25, 0.3) is 0 Å². The lowest BCUT2D eigenvalue weighted by atomic mass is 10.2. The average molecular weight is 390 g/mol. The van der Waals surface area contributed by atoms with Crippen LogP contribution in [0.2, 0.25) is 0 Å². The number of hydrogen-bond donors (Lipinski definition) is 0. The zero-order valence-electron chi connectivity index (χ0n) is 14.9. The van der Waals surface area contributed by atoms with E-state index in [2.05, 4.69) is 20.1 Å². The minimum atomic E-state index is -2.60. The van der Waals surface area contributed by atoms with Gasteiger partial charge in [-0.25, -0.2) is 4.98 Å². The van der Waals surface area contributed by atoms with E-state index in [1.807, 2.05) is 35.8 Å². The second-order valence-corrected chi connectivity index (χ2v) is 7.41. The summed E-state index contributed by atoms with van der Waals surface area (Å²) in [4.78, 5) is 6.26. The van der Waals surface area contributed by atoms with E-state index < -0.39 is 6.55 Å². The molecule has 9 heteroatoms. The van der Waals surface area contributed by atoms with Crippen LogP contribution in [-0.4, -0.2) is 37.4 Å². The molecule has 0 amide bonds. The van der Waals surface area contributed by atoms with Gasteiger partial charge in [0.05, 0.1) is 11.4 Å². The Morgan fingerprint density at radius 3 is 2.56 bits per heavy atom. The van der Waals surface area contributed by atoms with Gasteiger partial charge in [-0.2, -0.15) is 8.78 Å². The number of anilines is 1. The van der Waals surface area contributed by atoms with Crippen molar-refractivity contribution in [2.75, 3.05) is 18.0 Å². The molecule has 0 saturated carbocycles. The van der Waals surface area contributed by atoms with Crippen LogP contribution in [0.4, 0.5) is 14.7 Å². The number of aryl methyl sites for hydroxylation is 1. The number of benzene rings is 1. The zero-order chi connectivity index (χ0) is 18.8. The number of hydrogen-bond acceptors (Lipinski definition) is 5. The summed E-state index contributed by atoms with van der Waals surface area (Å²) in [7, 11) is 0. The molecule has 27 heavy (non-hydrogen) atoms. The van der Waals surface area contributed by atoms with E-state index in [0.29, 0.717) is 16.7 Å².